The normalized spacial score (nSPS) is 33.4. The molecule has 1 atom stereocenters. The van der Waals surface area contributed by atoms with E-state index in [-0.39, 0.29) is 6.04 Å². The van der Waals surface area contributed by atoms with E-state index in [1.54, 1.807) is 7.05 Å². The Morgan fingerprint density at radius 2 is 1.72 bits per heavy atom. The lowest BCUT2D eigenvalue weighted by molar-refractivity contribution is -0.151. The van der Waals surface area contributed by atoms with Crippen LogP contribution >= 0.6 is 0 Å². The zero-order valence-corrected chi connectivity index (χ0v) is 14.5. The topological polar surface area (TPSA) is 49.6 Å². The average molecular weight is 355 g/mol. The van der Waals surface area contributed by atoms with E-state index in [9.17, 15) is 18.0 Å². The third-order valence-electron chi connectivity index (χ3n) is 6.12. The van der Waals surface area contributed by atoms with Gasteiger partial charge in [-0.1, -0.05) is 30.3 Å². The van der Waals surface area contributed by atoms with Crippen LogP contribution in [0.4, 0.5) is 18.0 Å². The van der Waals surface area contributed by atoms with Gasteiger partial charge in [0.1, 0.15) is 6.54 Å². The van der Waals surface area contributed by atoms with Gasteiger partial charge in [-0.3, -0.25) is 0 Å². The summed E-state index contributed by atoms with van der Waals surface area (Å²) in [4.78, 5) is 14.9. The molecule has 1 heterocycles. The van der Waals surface area contributed by atoms with E-state index >= 15 is 0 Å². The minimum absolute atomic E-state index is 0.275. The molecule has 2 fully saturated rings. The number of rotatable bonds is 2. The summed E-state index contributed by atoms with van der Waals surface area (Å²) in [7, 11) is 1.58. The number of carbonyl (C=O) groups is 1. The molecule has 1 aromatic rings. The summed E-state index contributed by atoms with van der Waals surface area (Å²) in [5.74, 6) is 0. The fourth-order valence-corrected chi connectivity index (χ4v) is 4.41. The number of urea groups is 1. The van der Waals surface area contributed by atoms with Crippen molar-refractivity contribution in [2.75, 3.05) is 13.6 Å². The molecule has 7 heteroatoms. The Kier molecular flexibility index (Phi) is 4.26. The van der Waals surface area contributed by atoms with Crippen LogP contribution in [0.25, 0.3) is 0 Å². The smallest absolute Gasteiger partial charge is 0.323 e. The Hall–Kier alpha value is -1.76. The maximum atomic E-state index is 13.1. The molecule has 1 saturated heterocycles. The summed E-state index contributed by atoms with van der Waals surface area (Å²) in [6.45, 7) is 0.629. The first-order chi connectivity index (χ1) is 11.6. The van der Waals surface area contributed by atoms with Gasteiger partial charge in [-0.15, -0.1) is 0 Å². The molecule has 1 saturated carbocycles. The van der Waals surface area contributed by atoms with Crippen molar-refractivity contribution < 1.29 is 18.0 Å². The number of likely N-dealkylation sites (N-methyl/N-ethyl adjacent to an activating group) is 1. The quantitative estimate of drug-likeness (QED) is 0.883. The second kappa shape index (κ2) is 5.90. The van der Waals surface area contributed by atoms with Crippen molar-refractivity contribution in [1.29, 1.82) is 0 Å². The number of hydrogen-bond donors (Lipinski definition) is 1. The molecule has 1 spiro atoms. The lowest BCUT2D eigenvalue weighted by atomic mass is 9.67. The van der Waals surface area contributed by atoms with Crippen LogP contribution in [-0.2, 0) is 5.54 Å². The summed E-state index contributed by atoms with van der Waals surface area (Å²) >= 11 is 0. The van der Waals surface area contributed by atoms with Crippen LogP contribution in [0.5, 0.6) is 0 Å². The van der Waals surface area contributed by atoms with Gasteiger partial charge >= 0.3 is 12.2 Å². The van der Waals surface area contributed by atoms with Gasteiger partial charge in [0.25, 0.3) is 0 Å². The molecule has 4 nitrogen and oxygen atoms in total. The molecule has 0 radical (unpaired) electrons. The summed E-state index contributed by atoms with van der Waals surface area (Å²) in [6.07, 6.45) is -2.38. The zero-order valence-electron chi connectivity index (χ0n) is 14.5. The number of alkyl halides is 3. The number of nitrogens with two attached hydrogens (primary N) is 1. The maximum Gasteiger partial charge on any atom is 0.406 e. The summed E-state index contributed by atoms with van der Waals surface area (Å²) < 4.78 is 39.2. The van der Waals surface area contributed by atoms with Gasteiger partial charge < -0.3 is 15.5 Å². The van der Waals surface area contributed by atoms with Gasteiger partial charge in [0, 0.05) is 12.6 Å². The van der Waals surface area contributed by atoms with Crippen LogP contribution in [0, 0.1) is 0 Å². The summed E-state index contributed by atoms with van der Waals surface area (Å²) in [6, 6.07) is 8.84. The Labute approximate surface area is 145 Å². The lowest BCUT2D eigenvalue weighted by Crippen LogP contribution is -2.58. The molecular weight excluding hydrogens is 331 g/mol. The molecule has 25 heavy (non-hydrogen) atoms. The fourth-order valence-electron chi connectivity index (χ4n) is 4.41. The van der Waals surface area contributed by atoms with Crippen LogP contribution in [0.15, 0.2) is 30.3 Å². The van der Waals surface area contributed by atoms with Crippen LogP contribution in [0.3, 0.4) is 0 Å². The molecule has 1 aliphatic heterocycles. The molecule has 138 valence electrons. The highest BCUT2D eigenvalue weighted by Gasteiger charge is 2.58. The predicted molar refractivity (Wildman–Crippen MR) is 88.9 cm³/mol. The van der Waals surface area contributed by atoms with Crippen molar-refractivity contribution in [1.82, 2.24) is 9.80 Å². The summed E-state index contributed by atoms with van der Waals surface area (Å²) in [5.41, 5.74) is 6.22. The highest BCUT2D eigenvalue weighted by molar-refractivity contribution is 5.79. The highest BCUT2D eigenvalue weighted by Crippen LogP contribution is 2.48. The van der Waals surface area contributed by atoms with Crippen molar-refractivity contribution in [3.63, 3.8) is 0 Å². The third-order valence-corrected chi connectivity index (χ3v) is 6.12. The van der Waals surface area contributed by atoms with E-state index in [0.717, 1.165) is 10.5 Å². The number of amides is 2. The minimum Gasteiger partial charge on any atom is -0.323 e. The summed E-state index contributed by atoms with van der Waals surface area (Å²) in [5, 5.41) is 0. The molecule has 2 N–H and O–H groups in total. The van der Waals surface area contributed by atoms with Gasteiger partial charge in [0.05, 0.1) is 11.6 Å². The zero-order chi connectivity index (χ0) is 18.5. The largest absolute Gasteiger partial charge is 0.406 e. The van der Waals surface area contributed by atoms with Crippen LogP contribution in [0.2, 0.25) is 0 Å². The standard InChI is InChI=1S/C18H24F3N3O/c1-13-17(24(12-18(19,20)21)15(25)23(13)2)10-8-16(22,9-11-17)14-6-4-3-5-7-14/h3-7,13H,8-12,22H2,1-2H3. The molecule has 2 aliphatic rings. The Morgan fingerprint density at radius 1 is 1.16 bits per heavy atom. The number of carbonyl (C=O) groups excluding carboxylic acids is 1. The highest BCUT2D eigenvalue weighted by atomic mass is 19.4. The van der Waals surface area contributed by atoms with E-state index < -0.39 is 29.8 Å². The second-order valence-corrected chi connectivity index (χ2v) is 7.40. The average Bonchev–Trinajstić information content (AvgIpc) is 2.73. The molecule has 1 aromatic carbocycles. The maximum absolute atomic E-state index is 13.1. The van der Waals surface area contributed by atoms with Gasteiger partial charge in [-0.25, -0.2) is 4.79 Å². The predicted octanol–water partition coefficient (Wildman–Crippen LogP) is 3.47. The third kappa shape index (κ3) is 2.99. The van der Waals surface area contributed by atoms with E-state index in [1.807, 2.05) is 37.3 Å². The lowest BCUT2D eigenvalue weighted by Gasteiger charge is -2.48. The first-order valence-electron chi connectivity index (χ1n) is 8.55. The van der Waals surface area contributed by atoms with E-state index in [2.05, 4.69) is 0 Å². The van der Waals surface area contributed by atoms with Crippen molar-refractivity contribution in [3.05, 3.63) is 35.9 Å². The molecule has 0 aromatic heterocycles. The minimum atomic E-state index is -4.41. The molecule has 0 bridgehead atoms. The van der Waals surface area contributed by atoms with Gasteiger partial charge in [0.2, 0.25) is 0 Å². The second-order valence-electron chi connectivity index (χ2n) is 7.40. The van der Waals surface area contributed by atoms with E-state index in [0.29, 0.717) is 25.7 Å². The molecule has 2 amide bonds. The number of hydrogen-bond acceptors (Lipinski definition) is 2. The molecule has 1 aliphatic carbocycles. The van der Waals surface area contributed by atoms with Gasteiger partial charge in [-0.2, -0.15) is 13.2 Å². The van der Waals surface area contributed by atoms with Crippen molar-refractivity contribution in [3.8, 4) is 0 Å². The SMILES string of the molecule is CC1N(C)C(=O)N(CC(F)(F)F)C12CCC(N)(c1ccccc1)CC2. The molecule has 3 rings (SSSR count). The van der Waals surface area contributed by atoms with Crippen LogP contribution in [-0.4, -0.2) is 47.2 Å². The molecule has 1 unspecified atom stereocenters. The van der Waals surface area contributed by atoms with Crippen LogP contribution in [0.1, 0.15) is 38.2 Å². The number of benzene rings is 1. The van der Waals surface area contributed by atoms with Gasteiger partial charge in [-0.05, 0) is 38.2 Å². The van der Waals surface area contributed by atoms with Gasteiger partial charge in [0.15, 0.2) is 0 Å². The van der Waals surface area contributed by atoms with Crippen LogP contribution < -0.4 is 5.73 Å². The van der Waals surface area contributed by atoms with Crippen molar-refractivity contribution >= 4 is 6.03 Å². The Balaban J connectivity index is 1.87. The number of nitrogens with zero attached hydrogens (tertiary/aromatic N) is 2. The Bertz CT molecular complexity index is 639. The monoisotopic (exact) mass is 355 g/mol. The van der Waals surface area contributed by atoms with E-state index in [1.165, 1.54) is 4.90 Å². The van der Waals surface area contributed by atoms with Crippen molar-refractivity contribution in [2.45, 2.75) is 55.9 Å². The Morgan fingerprint density at radius 3 is 2.24 bits per heavy atom. The van der Waals surface area contributed by atoms with Crippen molar-refractivity contribution in [2.24, 2.45) is 5.73 Å². The van der Waals surface area contributed by atoms with E-state index in [4.69, 9.17) is 5.73 Å². The first kappa shape index (κ1) is 18.0. The number of halogens is 3. The first-order valence-corrected chi connectivity index (χ1v) is 8.55. The molecular formula is C18H24F3N3O. The fraction of sp³-hybridized carbons (Fsp3) is 0.611.